The molecule has 0 saturated carbocycles. The molecular weight excluding hydrogens is 286 g/mol. The van der Waals surface area contributed by atoms with Crippen molar-refractivity contribution in [2.75, 3.05) is 0 Å². The molecule has 21 heavy (non-hydrogen) atoms. The number of fused-ring (bicyclic) bond motifs is 1. The second-order valence-electron chi connectivity index (χ2n) is 8.99. The van der Waals surface area contributed by atoms with Crippen molar-refractivity contribution in [3.8, 4) is 0 Å². The average molecular weight is 318 g/mol. The largest absolute Gasteiger partial charge is 0.332 e. The Kier molecular flexibility index (Phi) is 4.15. The van der Waals surface area contributed by atoms with Gasteiger partial charge in [0.25, 0.3) is 0 Å². The SMILES string of the molecule is CC(C)(C)N[Si](C)(C)C1C=C([Si](C)(C)C)c2ccccc21. The molecule has 0 amide bonds. The molecule has 1 nitrogen and oxygen atoms in total. The Bertz CT molecular complexity index is 559. The van der Waals surface area contributed by atoms with Gasteiger partial charge in [0.2, 0.25) is 0 Å². The van der Waals surface area contributed by atoms with Gasteiger partial charge >= 0.3 is 0 Å². The smallest absolute Gasteiger partial charge is 0.131 e. The summed E-state index contributed by atoms with van der Waals surface area (Å²) in [5, 5.41) is 1.65. The molecule has 3 heteroatoms. The summed E-state index contributed by atoms with van der Waals surface area (Å²) in [4.78, 5) is 3.96. The van der Waals surface area contributed by atoms with Gasteiger partial charge in [-0.1, -0.05) is 68.3 Å². The van der Waals surface area contributed by atoms with Crippen molar-refractivity contribution in [2.24, 2.45) is 0 Å². The highest BCUT2D eigenvalue weighted by molar-refractivity contribution is 6.94. The lowest BCUT2D eigenvalue weighted by Gasteiger charge is -2.37. The van der Waals surface area contributed by atoms with E-state index in [0.717, 1.165) is 0 Å². The van der Waals surface area contributed by atoms with Crippen molar-refractivity contribution in [1.29, 1.82) is 0 Å². The van der Waals surface area contributed by atoms with E-state index in [1.165, 1.54) is 5.56 Å². The Morgan fingerprint density at radius 2 is 1.52 bits per heavy atom. The molecule has 1 unspecified atom stereocenters. The van der Waals surface area contributed by atoms with E-state index in [9.17, 15) is 0 Å². The van der Waals surface area contributed by atoms with Gasteiger partial charge in [0, 0.05) is 11.1 Å². The fourth-order valence-corrected chi connectivity index (χ4v) is 9.23. The third-order valence-corrected chi connectivity index (χ3v) is 9.68. The third kappa shape index (κ3) is 3.58. The number of nitrogens with one attached hydrogen (secondary N) is 1. The highest BCUT2D eigenvalue weighted by Crippen LogP contribution is 2.44. The number of rotatable bonds is 3. The first-order chi connectivity index (χ1) is 9.42. The third-order valence-electron chi connectivity index (χ3n) is 4.20. The van der Waals surface area contributed by atoms with E-state index in [1.54, 1.807) is 10.8 Å². The van der Waals surface area contributed by atoms with Gasteiger partial charge in [-0.3, -0.25) is 0 Å². The molecule has 1 aromatic rings. The van der Waals surface area contributed by atoms with Crippen molar-refractivity contribution in [3.05, 3.63) is 41.5 Å². The first kappa shape index (κ1) is 16.7. The lowest BCUT2D eigenvalue weighted by Crippen LogP contribution is -2.57. The van der Waals surface area contributed by atoms with Gasteiger partial charge in [-0.15, -0.1) is 0 Å². The zero-order valence-electron chi connectivity index (χ0n) is 15.0. The van der Waals surface area contributed by atoms with Crippen LogP contribution in [-0.4, -0.2) is 21.8 Å². The van der Waals surface area contributed by atoms with Crippen LogP contribution in [0.2, 0.25) is 32.7 Å². The predicted octanol–water partition coefficient (Wildman–Crippen LogP) is 5.18. The van der Waals surface area contributed by atoms with Gasteiger partial charge in [0.1, 0.15) is 8.24 Å². The standard InChI is InChI=1S/C18H31NSi2/c1-18(2,3)19-21(7,8)17-13-16(20(4,5)6)14-11-9-10-12-15(14)17/h9-13,17,19H,1-8H3. The molecule has 0 fully saturated rings. The van der Waals surface area contributed by atoms with Crippen LogP contribution in [0.15, 0.2) is 30.3 Å². The Morgan fingerprint density at radius 3 is 2.05 bits per heavy atom. The first-order valence-corrected chi connectivity index (χ1v) is 14.6. The fourth-order valence-electron chi connectivity index (χ4n) is 3.66. The van der Waals surface area contributed by atoms with E-state index in [0.29, 0.717) is 5.54 Å². The molecule has 0 radical (unpaired) electrons. The van der Waals surface area contributed by atoms with Gasteiger partial charge < -0.3 is 4.98 Å². The van der Waals surface area contributed by atoms with Crippen LogP contribution in [0.3, 0.4) is 0 Å². The van der Waals surface area contributed by atoms with E-state index in [1.807, 2.05) is 0 Å². The Labute approximate surface area is 133 Å². The topological polar surface area (TPSA) is 12.0 Å². The van der Waals surface area contributed by atoms with E-state index in [4.69, 9.17) is 0 Å². The van der Waals surface area contributed by atoms with Crippen LogP contribution in [0.1, 0.15) is 37.4 Å². The summed E-state index contributed by atoms with van der Waals surface area (Å²) in [5.74, 6) is 0. The normalized spacial score (nSPS) is 19.4. The van der Waals surface area contributed by atoms with E-state index < -0.39 is 16.3 Å². The molecular formula is C18H31NSi2. The number of hydrogen-bond acceptors (Lipinski definition) is 1. The Morgan fingerprint density at radius 1 is 0.952 bits per heavy atom. The van der Waals surface area contributed by atoms with Crippen LogP contribution in [-0.2, 0) is 0 Å². The van der Waals surface area contributed by atoms with E-state index >= 15 is 0 Å². The molecule has 1 atom stereocenters. The van der Waals surface area contributed by atoms with Crippen LogP contribution in [0.4, 0.5) is 0 Å². The van der Waals surface area contributed by atoms with E-state index in [-0.39, 0.29) is 5.54 Å². The van der Waals surface area contributed by atoms with Gasteiger partial charge in [0.15, 0.2) is 0 Å². The zero-order valence-corrected chi connectivity index (χ0v) is 17.0. The average Bonchev–Trinajstić information content (AvgIpc) is 2.64. The lowest BCUT2D eigenvalue weighted by molar-refractivity contribution is 0.509. The minimum Gasteiger partial charge on any atom is -0.332 e. The van der Waals surface area contributed by atoms with Crippen LogP contribution in [0.25, 0.3) is 5.20 Å². The maximum atomic E-state index is 3.96. The summed E-state index contributed by atoms with van der Waals surface area (Å²) in [6.45, 7) is 19.2. The summed E-state index contributed by atoms with van der Waals surface area (Å²) in [7, 11) is -2.88. The van der Waals surface area contributed by atoms with Crippen LogP contribution in [0, 0.1) is 0 Å². The zero-order chi connectivity index (χ0) is 16.1. The maximum absolute atomic E-state index is 3.96. The lowest BCUT2D eigenvalue weighted by atomic mass is 10.1. The maximum Gasteiger partial charge on any atom is 0.131 e. The van der Waals surface area contributed by atoms with Crippen LogP contribution >= 0.6 is 0 Å². The molecule has 0 saturated heterocycles. The molecule has 2 rings (SSSR count). The van der Waals surface area contributed by atoms with Gasteiger partial charge in [0.05, 0.1) is 8.07 Å². The van der Waals surface area contributed by atoms with Gasteiger partial charge in [-0.2, -0.15) is 0 Å². The number of benzene rings is 1. The summed E-state index contributed by atoms with van der Waals surface area (Å²) in [6.07, 6.45) is 2.61. The molecule has 0 aromatic heterocycles. The van der Waals surface area contributed by atoms with Gasteiger partial charge in [-0.25, -0.2) is 0 Å². The minimum atomic E-state index is -1.58. The predicted molar refractivity (Wildman–Crippen MR) is 101 cm³/mol. The fraction of sp³-hybridized carbons (Fsp3) is 0.556. The molecule has 0 heterocycles. The van der Waals surface area contributed by atoms with Crippen LogP contribution < -0.4 is 4.98 Å². The number of hydrogen-bond donors (Lipinski definition) is 1. The summed E-state index contributed by atoms with van der Waals surface area (Å²) in [6, 6.07) is 9.08. The highest BCUT2D eigenvalue weighted by atomic mass is 28.3. The molecule has 1 N–H and O–H groups in total. The molecule has 116 valence electrons. The molecule has 1 aliphatic rings. The molecule has 1 aliphatic carbocycles. The monoisotopic (exact) mass is 317 g/mol. The second-order valence-corrected chi connectivity index (χ2v) is 18.3. The van der Waals surface area contributed by atoms with E-state index in [2.05, 4.69) is 88.8 Å². The van der Waals surface area contributed by atoms with Gasteiger partial charge in [-0.05, 0) is 31.9 Å². The van der Waals surface area contributed by atoms with Crippen LogP contribution in [0.5, 0.6) is 0 Å². The van der Waals surface area contributed by atoms with Crippen molar-refractivity contribution in [2.45, 2.75) is 64.6 Å². The molecule has 1 aromatic carbocycles. The Hall–Kier alpha value is -0.646. The highest BCUT2D eigenvalue weighted by Gasteiger charge is 2.41. The summed E-state index contributed by atoms with van der Waals surface area (Å²) < 4.78 is 0. The quantitative estimate of drug-likeness (QED) is 0.758. The molecule has 0 bridgehead atoms. The van der Waals surface area contributed by atoms with Crippen molar-refractivity contribution >= 4 is 21.5 Å². The first-order valence-electron chi connectivity index (χ1n) is 8.03. The number of allylic oxidation sites excluding steroid dienone is 1. The van der Waals surface area contributed by atoms with Crippen molar-refractivity contribution < 1.29 is 0 Å². The van der Waals surface area contributed by atoms with Crippen molar-refractivity contribution in [1.82, 2.24) is 4.98 Å². The molecule has 0 aliphatic heterocycles. The second kappa shape index (κ2) is 5.22. The van der Waals surface area contributed by atoms with Crippen molar-refractivity contribution in [3.63, 3.8) is 0 Å². The minimum absolute atomic E-state index is 0.181. The Balaban J connectivity index is 2.48. The summed E-state index contributed by atoms with van der Waals surface area (Å²) >= 11 is 0. The summed E-state index contributed by atoms with van der Waals surface area (Å²) in [5.41, 5.74) is 3.86. The molecule has 0 spiro atoms.